The Bertz CT molecular complexity index is 736. The number of nitrogens with zero attached hydrogens (tertiary/aromatic N) is 1. The lowest BCUT2D eigenvalue weighted by atomic mass is 10.1. The molecule has 0 radical (unpaired) electrons. The summed E-state index contributed by atoms with van der Waals surface area (Å²) in [6.07, 6.45) is 0.563. The maximum absolute atomic E-state index is 12.9. The zero-order chi connectivity index (χ0) is 18.4. The molecule has 0 spiro atoms. The van der Waals surface area contributed by atoms with E-state index >= 15 is 0 Å². The zero-order valence-electron chi connectivity index (χ0n) is 14.8. The molecule has 0 saturated heterocycles. The van der Waals surface area contributed by atoms with Gasteiger partial charge in [0.2, 0.25) is 5.91 Å². The van der Waals surface area contributed by atoms with Crippen LogP contribution in [0.2, 0.25) is 0 Å². The first-order valence-corrected chi connectivity index (χ1v) is 8.68. The molecule has 1 amide bonds. The number of ether oxygens (including phenoxy) is 2. The summed E-state index contributed by atoms with van der Waals surface area (Å²) in [5, 5.41) is 2.88. The zero-order valence-corrected chi connectivity index (χ0v) is 14.8. The van der Waals surface area contributed by atoms with Gasteiger partial charge in [-0.25, -0.2) is 4.39 Å². The van der Waals surface area contributed by atoms with Crippen LogP contribution in [-0.4, -0.2) is 50.2 Å². The quantitative estimate of drug-likeness (QED) is 0.825. The molecule has 138 valence electrons. The van der Waals surface area contributed by atoms with Crippen molar-refractivity contribution in [1.82, 2.24) is 10.2 Å². The average molecular weight is 358 g/mol. The van der Waals surface area contributed by atoms with Crippen molar-refractivity contribution in [2.24, 2.45) is 0 Å². The van der Waals surface area contributed by atoms with E-state index in [0.29, 0.717) is 26.1 Å². The number of hydrogen-bond donors (Lipinski definition) is 1. The Hall–Kier alpha value is -2.60. The highest BCUT2D eigenvalue weighted by Gasteiger charge is 2.22. The van der Waals surface area contributed by atoms with Crippen molar-refractivity contribution in [3.8, 4) is 11.5 Å². The molecule has 1 aliphatic heterocycles. The van der Waals surface area contributed by atoms with Gasteiger partial charge in [0.25, 0.3) is 0 Å². The van der Waals surface area contributed by atoms with E-state index in [1.165, 1.54) is 12.1 Å². The van der Waals surface area contributed by atoms with Crippen LogP contribution in [-0.2, 0) is 11.2 Å². The number of rotatable bonds is 7. The summed E-state index contributed by atoms with van der Waals surface area (Å²) in [6.45, 7) is 1.87. The molecule has 0 fully saturated rings. The first-order valence-electron chi connectivity index (χ1n) is 8.68. The predicted octanol–water partition coefficient (Wildman–Crippen LogP) is 2.26. The molecule has 1 heterocycles. The van der Waals surface area contributed by atoms with Gasteiger partial charge < -0.3 is 14.8 Å². The molecule has 26 heavy (non-hydrogen) atoms. The van der Waals surface area contributed by atoms with E-state index in [4.69, 9.17) is 9.47 Å². The molecular weight excluding hydrogens is 335 g/mol. The fourth-order valence-corrected chi connectivity index (χ4v) is 2.86. The van der Waals surface area contributed by atoms with E-state index in [-0.39, 0.29) is 24.4 Å². The third kappa shape index (κ3) is 5.20. The molecule has 2 aromatic carbocycles. The maximum atomic E-state index is 12.9. The minimum absolute atomic E-state index is 0.0493. The van der Waals surface area contributed by atoms with Crippen molar-refractivity contribution in [3.05, 3.63) is 59.9 Å². The second kappa shape index (κ2) is 8.67. The Labute approximate surface area is 152 Å². The normalized spacial score (nSPS) is 15.7. The highest BCUT2D eigenvalue weighted by Crippen LogP contribution is 2.30. The van der Waals surface area contributed by atoms with Gasteiger partial charge in [-0.1, -0.05) is 24.3 Å². The Morgan fingerprint density at radius 1 is 1.19 bits per heavy atom. The number of hydrogen-bond acceptors (Lipinski definition) is 4. The third-order valence-corrected chi connectivity index (χ3v) is 4.15. The number of carbonyl (C=O) groups excluding carboxylic acids is 1. The van der Waals surface area contributed by atoms with E-state index in [2.05, 4.69) is 5.32 Å². The van der Waals surface area contributed by atoms with Crippen molar-refractivity contribution >= 4 is 5.91 Å². The summed E-state index contributed by atoms with van der Waals surface area (Å²) < 4.78 is 24.4. The van der Waals surface area contributed by atoms with Crippen LogP contribution >= 0.6 is 0 Å². The molecule has 0 aromatic heterocycles. The summed E-state index contributed by atoms with van der Waals surface area (Å²) in [6, 6.07) is 13.9. The fraction of sp³-hybridized carbons (Fsp3) is 0.350. The number of halogens is 1. The van der Waals surface area contributed by atoms with Crippen molar-refractivity contribution in [2.75, 3.05) is 33.3 Å². The Balaban J connectivity index is 1.37. The van der Waals surface area contributed by atoms with Gasteiger partial charge in [0.1, 0.15) is 18.5 Å². The number of benzene rings is 2. The topological polar surface area (TPSA) is 50.8 Å². The van der Waals surface area contributed by atoms with Crippen LogP contribution in [0.4, 0.5) is 4.39 Å². The first-order chi connectivity index (χ1) is 12.6. The maximum Gasteiger partial charge on any atom is 0.234 e. The molecular formula is C20H23FN2O3. The smallest absolute Gasteiger partial charge is 0.234 e. The number of carbonyl (C=O) groups is 1. The van der Waals surface area contributed by atoms with Gasteiger partial charge in [0.15, 0.2) is 11.5 Å². The van der Waals surface area contributed by atoms with Crippen LogP contribution in [0.15, 0.2) is 48.5 Å². The first kappa shape index (κ1) is 18.2. The number of para-hydroxylation sites is 2. The summed E-state index contributed by atoms with van der Waals surface area (Å²) in [5.41, 5.74) is 0.992. The van der Waals surface area contributed by atoms with Crippen LogP contribution in [0, 0.1) is 5.82 Å². The van der Waals surface area contributed by atoms with E-state index < -0.39 is 0 Å². The second-order valence-electron chi connectivity index (χ2n) is 6.42. The third-order valence-electron chi connectivity index (χ3n) is 4.15. The number of likely N-dealkylation sites (N-methyl/N-ethyl adjacent to an activating group) is 1. The van der Waals surface area contributed by atoms with Gasteiger partial charge in [-0.3, -0.25) is 9.69 Å². The summed E-state index contributed by atoms with van der Waals surface area (Å²) >= 11 is 0. The van der Waals surface area contributed by atoms with E-state index in [1.54, 1.807) is 12.1 Å². The predicted molar refractivity (Wildman–Crippen MR) is 97.0 cm³/mol. The molecule has 1 aliphatic rings. The largest absolute Gasteiger partial charge is 0.486 e. The minimum atomic E-state index is -0.254. The standard InChI is InChI=1S/C20H23FN2O3/c1-23(12-17-14-25-18-4-2-3-5-19(18)26-17)13-20(24)22-11-10-15-6-8-16(21)9-7-15/h2-9,17H,10-14H2,1H3,(H,22,24). The lowest BCUT2D eigenvalue weighted by Crippen LogP contribution is -2.43. The van der Waals surface area contributed by atoms with Gasteiger partial charge in [0.05, 0.1) is 6.54 Å². The van der Waals surface area contributed by atoms with Gasteiger partial charge in [0, 0.05) is 13.1 Å². The molecule has 1 unspecified atom stereocenters. The lowest BCUT2D eigenvalue weighted by Gasteiger charge is -2.29. The molecule has 1 N–H and O–H groups in total. The Morgan fingerprint density at radius 2 is 1.92 bits per heavy atom. The number of amides is 1. The molecule has 0 aliphatic carbocycles. The Morgan fingerprint density at radius 3 is 2.69 bits per heavy atom. The van der Waals surface area contributed by atoms with Crippen LogP contribution in [0.1, 0.15) is 5.56 Å². The molecule has 0 saturated carbocycles. The number of nitrogens with one attached hydrogen (secondary N) is 1. The van der Waals surface area contributed by atoms with Gasteiger partial charge in [-0.15, -0.1) is 0 Å². The molecule has 6 heteroatoms. The van der Waals surface area contributed by atoms with E-state index in [9.17, 15) is 9.18 Å². The molecule has 5 nitrogen and oxygen atoms in total. The van der Waals surface area contributed by atoms with Crippen molar-refractivity contribution in [3.63, 3.8) is 0 Å². The van der Waals surface area contributed by atoms with Crippen molar-refractivity contribution in [1.29, 1.82) is 0 Å². The second-order valence-corrected chi connectivity index (χ2v) is 6.42. The average Bonchev–Trinajstić information content (AvgIpc) is 2.63. The minimum Gasteiger partial charge on any atom is -0.486 e. The number of fused-ring (bicyclic) bond motifs is 1. The summed E-state index contributed by atoms with van der Waals surface area (Å²) in [7, 11) is 1.88. The molecule has 1 atom stereocenters. The van der Waals surface area contributed by atoms with Crippen LogP contribution in [0.5, 0.6) is 11.5 Å². The highest BCUT2D eigenvalue weighted by molar-refractivity contribution is 5.77. The summed E-state index contributed by atoms with van der Waals surface area (Å²) in [4.78, 5) is 14.0. The van der Waals surface area contributed by atoms with Crippen LogP contribution in [0.3, 0.4) is 0 Å². The monoisotopic (exact) mass is 358 g/mol. The fourth-order valence-electron chi connectivity index (χ4n) is 2.86. The van der Waals surface area contributed by atoms with Gasteiger partial charge in [-0.2, -0.15) is 0 Å². The highest BCUT2D eigenvalue weighted by atomic mass is 19.1. The molecule has 0 bridgehead atoms. The van der Waals surface area contributed by atoms with Crippen LogP contribution in [0.25, 0.3) is 0 Å². The molecule has 3 rings (SSSR count). The van der Waals surface area contributed by atoms with Gasteiger partial charge >= 0.3 is 0 Å². The molecule has 2 aromatic rings. The van der Waals surface area contributed by atoms with E-state index in [1.807, 2.05) is 36.2 Å². The van der Waals surface area contributed by atoms with Crippen molar-refractivity contribution in [2.45, 2.75) is 12.5 Å². The van der Waals surface area contributed by atoms with E-state index in [0.717, 1.165) is 17.1 Å². The lowest BCUT2D eigenvalue weighted by molar-refractivity contribution is -0.122. The van der Waals surface area contributed by atoms with Crippen LogP contribution < -0.4 is 14.8 Å². The summed E-state index contributed by atoms with van der Waals surface area (Å²) in [5.74, 6) is 1.19. The SMILES string of the molecule is CN(CC(=O)NCCc1ccc(F)cc1)CC1COc2ccccc2O1. The van der Waals surface area contributed by atoms with Gasteiger partial charge in [-0.05, 0) is 43.3 Å². The van der Waals surface area contributed by atoms with Crippen molar-refractivity contribution < 1.29 is 18.7 Å². The Kier molecular flexibility index (Phi) is 6.07.